The van der Waals surface area contributed by atoms with Gasteiger partial charge in [0, 0.05) is 24.2 Å². The molecular formula is C19H20F2N4O4. The highest BCUT2D eigenvalue weighted by Crippen LogP contribution is 2.25. The summed E-state index contributed by atoms with van der Waals surface area (Å²) in [6.07, 6.45) is -0.0775. The van der Waals surface area contributed by atoms with E-state index in [4.69, 9.17) is 4.74 Å². The van der Waals surface area contributed by atoms with Gasteiger partial charge in [0.05, 0.1) is 18.8 Å². The third-order valence-electron chi connectivity index (χ3n) is 3.91. The van der Waals surface area contributed by atoms with Gasteiger partial charge in [-0.2, -0.15) is 4.98 Å². The Labute approximate surface area is 164 Å². The van der Waals surface area contributed by atoms with E-state index in [1.807, 2.05) is 0 Å². The third-order valence-corrected chi connectivity index (χ3v) is 3.91. The molecule has 154 valence electrons. The van der Waals surface area contributed by atoms with Crippen LogP contribution in [0, 0.1) is 11.6 Å². The molecule has 10 heteroatoms. The van der Waals surface area contributed by atoms with Crippen LogP contribution in [0.1, 0.15) is 13.8 Å². The van der Waals surface area contributed by atoms with Gasteiger partial charge in [-0.05, 0) is 32.0 Å². The number of pyridine rings is 1. The number of aliphatic hydroxyl groups excluding tert-OH is 2. The molecule has 2 heterocycles. The number of rotatable bonds is 7. The number of aromatic nitrogens is 3. The summed E-state index contributed by atoms with van der Waals surface area (Å²) in [4.78, 5) is 21.3. The first-order valence-electron chi connectivity index (χ1n) is 8.88. The lowest BCUT2D eigenvalue weighted by Crippen LogP contribution is -2.27. The van der Waals surface area contributed by atoms with E-state index in [1.54, 1.807) is 6.92 Å². The van der Waals surface area contributed by atoms with Gasteiger partial charge < -0.3 is 20.3 Å². The smallest absolute Gasteiger partial charge is 0.295 e. The maximum Gasteiger partial charge on any atom is 0.295 e. The summed E-state index contributed by atoms with van der Waals surface area (Å²) in [6.45, 7) is 3.21. The molecule has 0 fully saturated rings. The van der Waals surface area contributed by atoms with Crippen molar-refractivity contribution < 1.29 is 23.7 Å². The minimum atomic E-state index is -0.958. The lowest BCUT2D eigenvalue weighted by molar-refractivity contribution is 0.173. The van der Waals surface area contributed by atoms with Crippen LogP contribution in [0.5, 0.6) is 11.5 Å². The number of benzene rings is 1. The number of hydrogen-bond donors (Lipinski definition) is 3. The average molecular weight is 406 g/mol. The van der Waals surface area contributed by atoms with E-state index in [1.165, 1.54) is 23.8 Å². The average Bonchev–Trinajstić information content (AvgIpc) is 2.65. The van der Waals surface area contributed by atoms with Gasteiger partial charge >= 0.3 is 0 Å². The fourth-order valence-electron chi connectivity index (χ4n) is 2.64. The fraction of sp³-hybridized carbons (Fsp3) is 0.316. The zero-order chi connectivity index (χ0) is 21.1. The molecule has 0 aliphatic carbocycles. The summed E-state index contributed by atoms with van der Waals surface area (Å²) in [5.41, 5.74) is -0.423. The minimum Gasteiger partial charge on any atom is -0.448 e. The summed E-state index contributed by atoms with van der Waals surface area (Å²) >= 11 is 0. The number of halogens is 2. The topological polar surface area (TPSA) is 110 Å². The first kappa shape index (κ1) is 20.6. The van der Waals surface area contributed by atoms with E-state index in [9.17, 15) is 23.8 Å². The monoisotopic (exact) mass is 406 g/mol. The number of hydrogen-bond acceptors (Lipinski definition) is 7. The van der Waals surface area contributed by atoms with Gasteiger partial charge in [-0.15, -0.1) is 0 Å². The summed E-state index contributed by atoms with van der Waals surface area (Å²) in [7, 11) is 0. The van der Waals surface area contributed by atoms with E-state index in [0.29, 0.717) is 11.5 Å². The number of nitrogens with zero attached hydrogens (tertiary/aromatic N) is 3. The highest BCUT2D eigenvalue weighted by atomic mass is 19.1. The zero-order valence-electron chi connectivity index (χ0n) is 15.8. The predicted octanol–water partition coefficient (Wildman–Crippen LogP) is 2.04. The number of aliphatic hydroxyl groups is 2. The first-order valence-corrected chi connectivity index (χ1v) is 8.88. The van der Waals surface area contributed by atoms with Crippen LogP contribution in [0.25, 0.3) is 11.0 Å². The molecule has 0 saturated carbocycles. The van der Waals surface area contributed by atoms with Gasteiger partial charge in [0.2, 0.25) is 5.95 Å². The quantitative estimate of drug-likeness (QED) is 0.551. The van der Waals surface area contributed by atoms with Crippen LogP contribution in [0.4, 0.5) is 14.7 Å². The van der Waals surface area contributed by atoms with Crippen molar-refractivity contribution in [1.82, 2.24) is 14.5 Å². The lowest BCUT2D eigenvalue weighted by atomic mass is 10.3. The van der Waals surface area contributed by atoms with E-state index in [-0.39, 0.29) is 36.2 Å². The Balaban J connectivity index is 2.08. The van der Waals surface area contributed by atoms with Crippen molar-refractivity contribution in [1.29, 1.82) is 0 Å². The molecule has 0 unspecified atom stereocenters. The number of ether oxygens (including phenoxy) is 1. The second kappa shape index (κ2) is 8.50. The van der Waals surface area contributed by atoms with Crippen molar-refractivity contribution in [3.05, 3.63) is 52.5 Å². The van der Waals surface area contributed by atoms with Crippen LogP contribution < -0.4 is 15.6 Å². The van der Waals surface area contributed by atoms with Gasteiger partial charge in [0.1, 0.15) is 11.5 Å². The molecule has 0 aliphatic rings. The van der Waals surface area contributed by atoms with Crippen LogP contribution >= 0.6 is 0 Å². The van der Waals surface area contributed by atoms with Crippen molar-refractivity contribution in [3.8, 4) is 11.5 Å². The maximum absolute atomic E-state index is 13.9. The number of nitrogens with one attached hydrogen (secondary N) is 1. The highest BCUT2D eigenvalue weighted by molar-refractivity contribution is 5.77. The lowest BCUT2D eigenvalue weighted by Gasteiger charge is -2.15. The third kappa shape index (κ3) is 4.84. The van der Waals surface area contributed by atoms with Crippen molar-refractivity contribution in [2.75, 3.05) is 11.9 Å². The molecule has 0 aliphatic heterocycles. The Kier molecular flexibility index (Phi) is 6.04. The molecule has 1 aromatic carbocycles. The molecule has 0 spiro atoms. The summed E-state index contributed by atoms with van der Waals surface area (Å²) in [6, 6.07) is 4.08. The van der Waals surface area contributed by atoms with Gasteiger partial charge in [-0.1, -0.05) is 0 Å². The van der Waals surface area contributed by atoms with Crippen LogP contribution in [-0.2, 0) is 6.54 Å². The number of fused-ring (bicyclic) bond motifs is 1. The maximum atomic E-state index is 13.9. The molecule has 0 bridgehead atoms. The van der Waals surface area contributed by atoms with Gasteiger partial charge in [0.15, 0.2) is 17.3 Å². The van der Waals surface area contributed by atoms with Crippen LogP contribution in [-0.4, -0.2) is 43.5 Å². The molecule has 0 radical (unpaired) electrons. The Hall–Kier alpha value is -3.11. The van der Waals surface area contributed by atoms with Crippen LogP contribution in [0.15, 0.2) is 35.3 Å². The first-order chi connectivity index (χ1) is 13.7. The zero-order valence-corrected chi connectivity index (χ0v) is 15.8. The largest absolute Gasteiger partial charge is 0.448 e. The Bertz CT molecular complexity index is 1090. The minimum absolute atomic E-state index is 0.0920. The van der Waals surface area contributed by atoms with Crippen LogP contribution in [0.2, 0.25) is 0 Å². The molecule has 2 atom stereocenters. The predicted molar refractivity (Wildman–Crippen MR) is 102 cm³/mol. The molecule has 2 aromatic heterocycles. The molecular weight excluding hydrogens is 386 g/mol. The molecule has 0 amide bonds. The second-order valence-corrected chi connectivity index (χ2v) is 6.65. The fourth-order valence-corrected chi connectivity index (χ4v) is 2.64. The molecule has 29 heavy (non-hydrogen) atoms. The molecule has 3 aromatic rings. The van der Waals surface area contributed by atoms with Crippen LogP contribution in [0.3, 0.4) is 0 Å². The van der Waals surface area contributed by atoms with Gasteiger partial charge in [-0.3, -0.25) is 9.36 Å². The van der Waals surface area contributed by atoms with E-state index in [2.05, 4.69) is 15.3 Å². The SMILES string of the molecule is C[C@H](O)Cn1c(=O)c(Oc2ccc(F)cc2F)cc2cnc(NC[C@@H](C)O)nc21. The highest BCUT2D eigenvalue weighted by Gasteiger charge is 2.16. The Morgan fingerprint density at radius 3 is 2.59 bits per heavy atom. The summed E-state index contributed by atoms with van der Waals surface area (Å²) < 4.78 is 33.6. The van der Waals surface area contributed by atoms with Crippen molar-refractivity contribution >= 4 is 17.0 Å². The van der Waals surface area contributed by atoms with Crippen molar-refractivity contribution in [2.45, 2.75) is 32.6 Å². The van der Waals surface area contributed by atoms with Gasteiger partial charge in [-0.25, -0.2) is 13.8 Å². The van der Waals surface area contributed by atoms with E-state index < -0.39 is 29.4 Å². The van der Waals surface area contributed by atoms with Crippen molar-refractivity contribution in [3.63, 3.8) is 0 Å². The molecule has 8 nitrogen and oxygen atoms in total. The standard InChI is InChI=1S/C19H20F2N4O4/c1-10(26)7-22-19-23-8-12-5-16(29-15-4-3-13(20)6-14(15)21)18(28)25(9-11(2)27)17(12)24-19/h3-6,8,10-11,26-27H,7,9H2,1-2H3,(H,22,23,24)/t10-,11+/m1/s1. The second-order valence-electron chi connectivity index (χ2n) is 6.65. The summed E-state index contributed by atoms with van der Waals surface area (Å²) in [5, 5.41) is 22.4. The van der Waals surface area contributed by atoms with Gasteiger partial charge in [0.25, 0.3) is 5.56 Å². The normalized spacial score (nSPS) is 13.3. The molecule has 3 N–H and O–H groups in total. The summed E-state index contributed by atoms with van der Waals surface area (Å²) in [5.74, 6) is -2.08. The van der Waals surface area contributed by atoms with E-state index >= 15 is 0 Å². The number of anilines is 1. The van der Waals surface area contributed by atoms with E-state index in [0.717, 1.165) is 12.1 Å². The Morgan fingerprint density at radius 2 is 1.93 bits per heavy atom. The Morgan fingerprint density at radius 1 is 1.17 bits per heavy atom. The van der Waals surface area contributed by atoms with Crippen molar-refractivity contribution in [2.24, 2.45) is 0 Å². The molecule has 0 saturated heterocycles. The molecule has 3 rings (SSSR count).